The van der Waals surface area contributed by atoms with Crippen molar-refractivity contribution in [2.24, 2.45) is 0 Å². The summed E-state index contributed by atoms with van der Waals surface area (Å²) in [5, 5.41) is 0.750. The average molecular weight is 449 g/mol. The van der Waals surface area contributed by atoms with Crippen LogP contribution in [0.5, 0.6) is 5.75 Å². The Labute approximate surface area is 195 Å². The van der Waals surface area contributed by atoms with Gasteiger partial charge in [-0.25, -0.2) is 0 Å². The number of carbonyl (C=O) groups excluding carboxylic acids is 1. The number of para-hydroxylation sites is 1. The lowest BCUT2D eigenvalue weighted by Gasteiger charge is -2.32. The number of nitrogens with zero attached hydrogens (tertiary/aromatic N) is 2. The van der Waals surface area contributed by atoms with E-state index in [9.17, 15) is 4.79 Å². The van der Waals surface area contributed by atoms with Gasteiger partial charge in [-0.15, -0.1) is 0 Å². The van der Waals surface area contributed by atoms with Gasteiger partial charge in [0.1, 0.15) is 5.75 Å². The highest BCUT2D eigenvalue weighted by molar-refractivity contribution is 6.30. The number of pyridine rings is 1. The van der Waals surface area contributed by atoms with Gasteiger partial charge in [-0.1, -0.05) is 48.0 Å². The summed E-state index contributed by atoms with van der Waals surface area (Å²) in [5.74, 6) is 1.29. The van der Waals surface area contributed by atoms with E-state index in [1.165, 1.54) is 11.1 Å². The molecule has 5 heteroatoms. The lowest BCUT2D eigenvalue weighted by Crippen LogP contribution is -2.39. The Morgan fingerprint density at radius 3 is 2.62 bits per heavy atom. The Morgan fingerprint density at radius 2 is 1.88 bits per heavy atom. The van der Waals surface area contributed by atoms with E-state index in [-0.39, 0.29) is 11.8 Å². The van der Waals surface area contributed by atoms with Crippen LogP contribution in [-0.4, -0.2) is 35.5 Å². The topological polar surface area (TPSA) is 42.4 Å². The molecule has 0 aliphatic carbocycles. The van der Waals surface area contributed by atoms with Gasteiger partial charge in [0, 0.05) is 35.9 Å². The zero-order valence-electron chi connectivity index (χ0n) is 18.5. The number of ether oxygens (including phenoxy) is 1. The van der Waals surface area contributed by atoms with Crippen molar-refractivity contribution in [1.82, 2.24) is 9.88 Å². The predicted molar refractivity (Wildman–Crippen MR) is 128 cm³/mol. The monoisotopic (exact) mass is 448 g/mol. The Balaban J connectivity index is 1.29. The van der Waals surface area contributed by atoms with Gasteiger partial charge in [0.2, 0.25) is 5.91 Å². The van der Waals surface area contributed by atoms with Gasteiger partial charge in [0.05, 0.1) is 13.0 Å². The predicted octanol–water partition coefficient (Wildman–Crippen LogP) is 5.81. The van der Waals surface area contributed by atoms with Crippen LogP contribution in [0.3, 0.4) is 0 Å². The number of amides is 1. The van der Waals surface area contributed by atoms with Gasteiger partial charge in [-0.2, -0.15) is 0 Å². The molecule has 3 aromatic rings. The fourth-order valence-electron chi connectivity index (χ4n) is 4.19. The zero-order chi connectivity index (χ0) is 22.3. The van der Waals surface area contributed by atoms with Crippen LogP contribution < -0.4 is 4.74 Å². The fourth-order valence-corrected chi connectivity index (χ4v) is 4.32. The van der Waals surface area contributed by atoms with E-state index >= 15 is 0 Å². The molecule has 1 unspecified atom stereocenters. The highest BCUT2D eigenvalue weighted by atomic mass is 35.5. The molecule has 1 aliphatic heterocycles. The van der Waals surface area contributed by atoms with Crippen LogP contribution in [0, 0.1) is 6.92 Å². The number of likely N-dealkylation sites (tertiary alicyclic amines) is 1. The van der Waals surface area contributed by atoms with Gasteiger partial charge >= 0.3 is 0 Å². The highest BCUT2D eigenvalue weighted by Gasteiger charge is 2.25. The standard InChI is InChI=1S/C27H29ClN2O2/c1-20-5-2-3-7-26(20)32-16-14-27(31)30-15-4-6-23(19-30)25-13-10-22(18-29-25)17-21-8-11-24(28)12-9-21/h2-3,5,7-13,18,23H,4,6,14-17,19H2,1H3. The third-order valence-corrected chi connectivity index (χ3v) is 6.28. The maximum absolute atomic E-state index is 12.7. The molecule has 4 rings (SSSR count). The second kappa shape index (κ2) is 10.6. The molecule has 0 N–H and O–H groups in total. The summed E-state index contributed by atoms with van der Waals surface area (Å²) in [7, 11) is 0. The minimum Gasteiger partial charge on any atom is -0.493 e. The average Bonchev–Trinajstić information content (AvgIpc) is 2.82. The summed E-state index contributed by atoms with van der Waals surface area (Å²) >= 11 is 5.97. The smallest absolute Gasteiger partial charge is 0.226 e. The first-order valence-electron chi connectivity index (χ1n) is 11.2. The largest absolute Gasteiger partial charge is 0.493 e. The molecule has 1 atom stereocenters. The summed E-state index contributed by atoms with van der Waals surface area (Å²) in [5.41, 5.74) is 4.54. The molecule has 1 aromatic heterocycles. The van der Waals surface area contributed by atoms with E-state index in [1.54, 1.807) is 0 Å². The van der Waals surface area contributed by atoms with Gasteiger partial charge in [-0.05, 0) is 67.1 Å². The Hall–Kier alpha value is -2.85. The molecule has 32 heavy (non-hydrogen) atoms. The molecular weight excluding hydrogens is 420 g/mol. The van der Waals surface area contributed by atoms with E-state index in [4.69, 9.17) is 21.3 Å². The molecule has 0 radical (unpaired) electrons. The van der Waals surface area contributed by atoms with Crippen LogP contribution in [0.15, 0.2) is 66.9 Å². The van der Waals surface area contributed by atoms with Crippen LogP contribution in [0.2, 0.25) is 5.02 Å². The molecule has 2 heterocycles. The maximum Gasteiger partial charge on any atom is 0.226 e. The molecule has 1 amide bonds. The van der Waals surface area contributed by atoms with Crippen molar-refractivity contribution in [3.63, 3.8) is 0 Å². The van der Waals surface area contributed by atoms with Gasteiger partial charge in [0.15, 0.2) is 0 Å². The molecule has 1 saturated heterocycles. The number of carbonyl (C=O) groups is 1. The van der Waals surface area contributed by atoms with E-state index in [2.05, 4.69) is 12.1 Å². The molecule has 1 fully saturated rings. The minimum absolute atomic E-state index is 0.155. The van der Waals surface area contributed by atoms with Crippen molar-refractivity contribution in [1.29, 1.82) is 0 Å². The molecular formula is C27H29ClN2O2. The normalized spacial score (nSPS) is 16.1. The van der Waals surface area contributed by atoms with Crippen molar-refractivity contribution >= 4 is 17.5 Å². The zero-order valence-corrected chi connectivity index (χ0v) is 19.2. The van der Waals surface area contributed by atoms with Crippen LogP contribution in [0.25, 0.3) is 0 Å². The van der Waals surface area contributed by atoms with Crippen molar-refractivity contribution < 1.29 is 9.53 Å². The second-order valence-corrected chi connectivity index (χ2v) is 8.87. The fraction of sp³-hybridized carbons (Fsp3) is 0.333. The number of piperidine rings is 1. The van der Waals surface area contributed by atoms with Gasteiger partial charge in [0.25, 0.3) is 0 Å². The van der Waals surface area contributed by atoms with Crippen molar-refractivity contribution in [2.45, 2.75) is 38.5 Å². The Morgan fingerprint density at radius 1 is 1.09 bits per heavy atom. The number of hydrogen-bond donors (Lipinski definition) is 0. The lowest BCUT2D eigenvalue weighted by atomic mass is 9.93. The van der Waals surface area contributed by atoms with E-state index < -0.39 is 0 Å². The summed E-state index contributed by atoms with van der Waals surface area (Å²) in [6.07, 6.45) is 5.26. The first kappa shape index (κ1) is 22.3. The maximum atomic E-state index is 12.7. The van der Waals surface area contributed by atoms with Crippen LogP contribution in [-0.2, 0) is 11.2 Å². The lowest BCUT2D eigenvalue weighted by molar-refractivity contribution is -0.132. The van der Waals surface area contributed by atoms with Crippen LogP contribution in [0.4, 0.5) is 0 Å². The summed E-state index contributed by atoms with van der Waals surface area (Å²) < 4.78 is 5.81. The number of hydrogen-bond acceptors (Lipinski definition) is 3. The molecule has 0 bridgehead atoms. The Kier molecular flexibility index (Phi) is 7.43. The molecule has 4 nitrogen and oxygen atoms in total. The number of aryl methyl sites for hydroxylation is 1. The van der Waals surface area contributed by atoms with Crippen molar-refractivity contribution in [3.05, 3.63) is 94.3 Å². The minimum atomic E-state index is 0.155. The third-order valence-electron chi connectivity index (χ3n) is 6.03. The quantitative estimate of drug-likeness (QED) is 0.458. The number of aromatic nitrogens is 1. The van der Waals surface area contributed by atoms with Crippen LogP contribution >= 0.6 is 11.6 Å². The van der Waals surface area contributed by atoms with Crippen molar-refractivity contribution in [3.8, 4) is 5.75 Å². The highest BCUT2D eigenvalue weighted by Crippen LogP contribution is 2.26. The number of rotatable bonds is 7. The summed E-state index contributed by atoms with van der Waals surface area (Å²) in [6.45, 7) is 3.96. The molecule has 166 valence electrons. The first-order valence-corrected chi connectivity index (χ1v) is 11.6. The molecule has 0 spiro atoms. The first-order chi connectivity index (χ1) is 15.6. The third kappa shape index (κ3) is 5.89. The molecule has 0 saturated carbocycles. The van der Waals surface area contributed by atoms with Crippen molar-refractivity contribution in [2.75, 3.05) is 19.7 Å². The summed E-state index contributed by atoms with van der Waals surface area (Å²) in [6, 6.07) is 20.1. The van der Waals surface area contributed by atoms with Gasteiger partial charge in [-0.3, -0.25) is 9.78 Å². The number of halogens is 1. The van der Waals surface area contributed by atoms with Gasteiger partial charge < -0.3 is 9.64 Å². The van der Waals surface area contributed by atoms with E-state index in [1.807, 2.05) is 66.6 Å². The number of benzene rings is 2. The Bertz CT molecular complexity index is 1030. The van der Waals surface area contributed by atoms with E-state index in [0.29, 0.717) is 13.0 Å². The van der Waals surface area contributed by atoms with E-state index in [0.717, 1.165) is 54.4 Å². The van der Waals surface area contributed by atoms with Crippen LogP contribution in [0.1, 0.15) is 47.6 Å². The second-order valence-electron chi connectivity index (χ2n) is 8.44. The molecule has 1 aliphatic rings. The summed E-state index contributed by atoms with van der Waals surface area (Å²) in [4.78, 5) is 19.5. The SMILES string of the molecule is Cc1ccccc1OCCC(=O)N1CCCC(c2ccc(Cc3ccc(Cl)cc3)cn2)C1. The molecule has 2 aromatic carbocycles.